The second kappa shape index (κ2) is 5.71. The van der Waals surface area contributed by atoms with Crippen molar-refractivity contribution in [3.05, 3.63) is 29.5 Å². The average molecular weight is 358 g/mol. The average Bonchev–Trinajstić information content (AvgIpc) is 2.99. The Balaban J connectivity index is 1.52. The van der Waals surface area contributed by atoms with Crippen molar-refractivity contribution in [2.75, 3.05) is 11.9 Å². The van der Waals surface area contributed by atoms with Gasteiger partial charge in [-0.3, -0.25) is 0 Å². The van der Waals surface area contributed by atoms with Gasteiger partial charge in [-0.2, -0.15) is 4.98 Å². The van der Waals surface area contributed by atoms with Gasteiger partial charge in [0.25, 0.3) is 0 Å². The molecule has 0 radical (unpaired) electrons. The summed E-state index contributed by atoms with van der Waals surface area (Å²) in [7, 11) is 0. The van der Waals surface area contributed by atoms with E-state index in [9.17, 15) is 10.2 Å². The highest BCUT2D eigenvalue weighted by Crippen LogP contribution is 2.37. The lowest BCUT2D eigenvalue weighted by atomic mass is 9.72. The van der Waals surface area contributed by atoms with Gasteiger partial charge in [-0.15, -0.1) is 5.10 Å². The molecule has 1 aliphatic carbocycles. The molecule has 1 aliphatic rings. The van der Waals surface area contributed by atoms with Crippen LogP contribution < -0.4 is 5.32 Å². The van der Waals surface area contributed by atoms with E-state index >= 15 is 0 Å². The summed E-state index contributed by atoms with van der Waals surface area (Å²) in [5.41, 5.74) is 2.87. The Kier molecular flexibility index (Phi) is 3.73. The number of hydrogen-bond donors (Lipinski definition) is 3. The van der Waals surface area contributed by atoms with E-state index in [-0.39, 0.29) is 5.75 Å². The molecule has 1 aromatic carbocycles. The molecule has 0 atom stereocenters. The van der Waals surface area contributed by atoms with Crippen LogP contribution in [0.2, 0.25) is 0 Å². The molecule has 0 unspecified atom stereocenters. The van der Waals surface area contributed by atoms with Crippen molar-refractivity contribution in [2.45, 2.75) is 39.2 Å². The van der Waals surface area contributed by atoms with E-state index in [1.165, 1.54) is 0 Å². The normalized spacial score (nSPS) is 23.0. The van der Waals surface area contributed by atoms with Gasteiger partial charge in [-0.1, -0.05) is 17.4 Å². The van der Waals surface area contributed by atoms with Gasteiger partial charge in [0, 0.05) is 6.54 Å². The Bertz CT molecular complexity index is 881. The van der Waals surface area contributed by atoms with Gasteiger partial charge in [0.1, 0.15) is 11.4 Å². The molecular formula is C18H22N4O2S. The van der Waals surface area contributed by atoms with Gasteiger partial charge in [0.2, 0.25) is 0 Å². The summed E-state index contributed by atoms with van der Waals surface area (Å²) in [6.07, 6.45) is 3.58. The summed E-state index contributed by atoms with van der Waals surface area (Å²) in [5, 5.41) is 28.8. The monoisotopic (exact) mass is 358 g/mol. The maximum Gasteiger partial charge on any atom is 0.194 e. The number of aromatic hydroxyl groups is 1. The largest absolute Gasteiger partial charge is 0.506 e. The summed E-state index contributed by atoms with van der Waals surface area (Å²) >= 11 is 1.55. The molecule has 4 rings (SSSR count). The molecule has 25 heavy (non-hydrogen) atoms. The van der Waals surface area contributed by atoms with Crippen molar-refractivity contribution in [1.29, 1.82) is 0 Å². The minimum Gasteiger partial charge on any atom is -0.506 e. The summed E-state index contributed by atoms with van der Waals surface area (Å²) in [6, 6.07) is 3.77. The van der Waals surface area contributed by atoms with E-state index < -0.39 is 5.60 Å². The van der Waals surface area contributed by atoms with E-state index in [2.05, 4.69) is 15.4 Å². The summed E-state index contributed by atoms with van der Waals surface area (Å²) in [4.78, 5) is 4.53. The first-order valence-corrected chi connectivity index (χ1v) is 9.25. The zero-order valence-corrected chi connectivity index (χ0v) is 15.4. The number of nitrogens with zero attached hydrogens (tertiary/aromatic N) is 3. The fourth-order valence-corrected chi connectivity index (χ4v) is 4.53. The third kappa shape index (κ3) is 3.09. The van der Waals surface area contributed by atoms with Gasteiger partial charge < -0.3 is 15.5 Å². The number of aromatic nitrogens is 3. The van der Waals surface area contributed by atoms with Crippen LogP contribution in [0.25, 0.3) is 16.0 Å². The predicted molar refractivity (Wildman–Crippen MR) is 99.7 cm³/mol. The minimum atomic E-state index is -0.492. The molecule has 7 heteroatoms. The Morgan fingerprint density at radius 2 is 2.12 bits per heavy atom. The van der Waals surface area contributed by atoms with Crippen LogP contribution in [0.5, 0.6) is 5.75 Å². The molecule has 132 valence electrons. The molecule has 0 saturated heterocycles. The topological polar surface area (TPSA) is 83.2 Å². The fraction of sp³-hybridized carbons (Fsp3) is 0.444. The number of aryl methyl sites for hydroxylation is 2. The number of hydrogen-bond acceptors (Lipinski definition) is 6. The maximum absolute atomic E-state index is 10.3. The molecule has 0 amide bonds. The molecule has 6 nitrogen and oxygen atoms in total. The molecule has 0 bridgehead atoms. The van der Waals surface area contributed by atoms with Gasteiger partial charge in [0.15, 0.2) is 10.8 Å². The van der Waals surface area contributed by atoms with Gasteiger partial charge in [-0.05, 0) is 56.7 Å². The standard InChI is InChI=1S/C18H22N4O2S/c1-10-4-11(2)15(13(23)5-10)22-9-14-16(21-22)20-17(25-14)19-8-12-6-18(3,24)7-12/h4-5,9,12,23-24H,6-8H2,1-3H3,(H,19,20,21)/t12-,18+. The lowest BCUT2D eigenvalue weighted by Gasteiger charge is -2.40. The SMILES string of the molecule is Cc1cc(C)c(-n2cc3sc(NC[C@H]4C[C@@](C)(O)C4)nc3n2)c(O)c1. The number of anilines is 1. The van der Waals surface area contributed by atoms with Crippen LogP contribution in [0.1, 0.15) is 30.9 Å². The number of nitrogens with one attached hydrogen (secondary N) is 1. The van der Waals surface area contributed by atoms with E-state index in [1.54, 1.807) is 22.1 Å². The number of rotatable bonds is 4. The van der Waals surface area contributed by atoms with Crippen LogP contribution in [0.3, 0.4) is 0 Å². The summed E-state index contributed by atoms with van der Waals surface area (Å²) in [5.74, 6) is 0.723. The zero-order chi connectivity index (χ0) is 17.8. The van der Waals surface area contributed by atoms with Gasteiger partial charge in [-0.25, -0.2) is 4.68 Å². The van der Waals surface area contributed by atoms with Gasteiger partial charge in [0.05, 0.1) is 16.5 Å². The number of fused-ring (bicyclic) bond motifs is 1. The Morgan fingerprint density at radius 1 is 1.36 bits per heavy atom. The van der Waals surface area contributed by atoms with Crippen LogP contribution in [0.4, 0.5) is 5.13 Å². The molecule has 1 fully saturated rings. The van der Waals surface area contributed by atoms with Crippen LogP contribution in [0.15, 0.2) is 18.3 Å². The minimum absolute atomic E-state index is 0.225. The molecule has 2 heterocycles. The first kappa shape index (κ1) is 16.4. The molecule has 3 N–H and O–H groups in total. The maximum atomic E-state index is 10.3. The van der Waals surface area contributed by atoms with Crippen LogP contribution in [-0.4, -0.2) is 37.1 Å². The van der Waals surface area contributed by atoms with Crippen LogP contribution in [-0.2, 0) is 0 Å². The molecule has 2 aromatic heterocycles. The Hall–Kier alpha value is -2.12. The first-order chi connectivity index (χ1) is 11.8. The molecule has 0 spiro atoms. The summed E-state index contributed by atoms with van der Waals surface area (Å²) < 4.78 is 2.67. The van der Waals surface area contributed by atoms with Crippen molar-refractivity contribution in [1.82, 2.24) is 14.8 Å². The Morgan fingerprint density at radius 3 is 2.76 bits per heavy atom. The molecular weight excluding hydrogens is 336 g/mol. The highest BCUT2D eigenvalue weighted by molar-refractivity contribution is 7.22. The van der Waals surface area contributed by atoms with Crippen molar-refractivity contribution in [3.63, 3.8) is 0 Å². The fourth-order valence-electron chi connectivity index (χ4n) is 3.71. The van der Waals surface area contributed by atoms with Gasteiger partial charge >= 0.3 is 0 Å². The smallest absolute Gasteiger partial charge is 0.194 e. The quantitative estimate of drug-likeness (QED) is 0.666. The highest BCUT2D eigenvalue weighted by Gasteiger charge is 2.37. The van der Waals surface area contributed by atoms with Crippen molar-refractivity contribution >= 4 is 26.8 Å². The lowest BCUT2D eigenvalue weighted by molar-refractivity contribution is -0.0523. The second-order valence-electron chi connectivity index (χ2n) is 7.38. The van der Waals surface area contributed by atoms with Crippen molar-refractivity contribution in [2.24, 2.45) is 5.92 Å². The van der Waals surface area contributed by atoms with E-state index in [1.807, 2.05) is 33.0 Å². The highest BCUT2D eigenvalue weighted by atomic mass is 32.1. The number of aliphatic hydroxyl groups is 1. The van der Waals surface area contributed by atoms with Crippen molar-refractivity contribution < 1.29 is 10.2 Å². The third-order valence-electron chi connectivity index (χ3n) is 4.73. The second-order valence-corrected chi connectivity index (χ2v) is 8.41. The predicted octanol–water partition coefficient (Wildman–Crippen LogP) is 3.38. The Labute approximate surface area is 150 Å². The number of phenols is 1. The van der Waals surface area contributed by atoms with Crippen LogP contribution >= 0.6 is 11.3 Å². The van der Waals surface area contributed by atoms with E-state index in [0.717, 1.165) is 40.3 Å². The van der Waals surface area contributed by atoms with Crippen LogP contribution in [0, 0.1) is 19.8 Å². The molecule has 1 saturated carbocycles. The van der Waals surface area contributed by atoms with E-state index in [4.69, 9.17) is 0 Å². The molecule has 0 aliphatic heterocycles. The lowest BCUT2D eigenvalue weighted by Crippen LogP contribution is -2.43. The summed E-state index contributed by atoms with van der Waals surface area (Å²) in [6.45, 7) is 6.63. The number of benzene rings is 1. The first-order valence-electron chi connectivity index (χ1n) is 8.44. The molecule has 3 aromatic rings. The van der Waals surface area contributed by atoms with Crippen molar-refractivity contribution in [3.8, 4) is 11.4 Å². The van der Waals surface area contributed by atoms with E-state index in [0.29, 0.717) is 17.3 Å². The number of phenolic OH excluding ortho intramolecular Hbond substituents is 1. The zero-order valence-electron chi connectivity index (χ0n) is 14.6. The number of thiazole rings is 1. The third-order valence-corrected chi connectivity index (χ3v) is 5.67.